The summed E-state index contributed by atoms with van der Waals surface area (Å²) in [5, 5.41) is 3.81. The molecule has 0 saturated heterocycles. The normalized spacial score (nSPS) is 12.1. The van der Waals surface area contributed by atoms with Crippen LogP contribution >= 0.6 is 0 Å². The third-order valence-electron chi connectivity index (χ3n) is 3.73. The molecule has 0 radical (unpaired) electrons. The number of carbonyl (C=O) groups excluding carboxylic acids is 1. The van der Waals surface area contributed by atoms with Crippen molar-refractivity contribution in [2.45, 2.75) is 33.3 Å². The molecule has 5 nitrogen and oxygen atoms in total. The molecule has 0 aliphatic carbocycles. The Labute approximate surface area is 135 Å². The molecule has 124 valence electrons. The number of nitrogens with zero attached hydrogens (tertiary/aromatic N) is 2. The lowest BCUT2D eigenvalue weighted by Gasteiger charge is -2.22. The monoisotopic (exact) mass is 320 g/mol. The Morgan fingerprint density at radius 1 is 1.39 bits per heavy atom. The highest BCUT2D eigenvalue weighted by Gasteiger charge is 2.22. The third kappa shape index (κ3) is 3.70. The molecule has 1 aromatic heterocycles. The van der Waals surface area contributed by atoms with Crippen LogP contribution < -0.4 is 4.90 Å². The van der Waals surface area contributed by atoms with Crippen molar-refractivity contribution in [1.29, 1.82) is 0 Å². The maximum absolute atomic E-state index is 14.2. The van der Waals surface area contributed by atoms with Crippen LogP contribution in [0.4, 0.5) is 10.1 Å². The number of hydrogen-bond acceptors (Lipinski definition) is 5. The average Bonchev–Trinajstić information content (AvgIpc) is 2.78. The van der Waals surface area contributed by atoms with Crippen LogP contribution in [0.2, 0.25) is 0 Å². The van der Waals surface area contributed by atoms with Gasteiger partial charge in [0.2, 0.25) is 0 Å². The predicted molar refractivity (Wildman–Crippen MR) is 84.9 cm³/mol. The minimum atomic E-state index is -0.693. The van der Waals surface area contributed by atoms with Gasteiger partial charge >= 0.3 is 5.97 Å². The van der Waals surface area contributed by atoms with Crippen molar-refractivity contribution in [1.82, 2.24) is 5.16 Å². The van der Waals surface area contributed by atoms with E-state index in [0.717, 1.165) is 0 Å². The van der Waals surface area contributed by atoms with E-state index in [1.165, 1.54) is 6.07 Å². The summed E-state index contributed by atoms with van der Waals surface area (Å²) in [6.07, 6.45) is -0.640. The van der Waals surface area contributed by atoms with Crippen LogP contribution in [0.5, 0.6) is 0 Å². The van der Waals surface area contributed by atoms with E-state index in [0.29, 0.717) is 28.3 Å². The highest BCUT2D eigenvalue weighted by atomic mass is 19.1. The van der Waals surface area contributed by atoms with Gasteiger partial charge < -0.3 is 14.2 Å². The van der Waals surface area contributed by atoms with Crippen molar-refractivity contribution in [2.75, 3.05) is 19.0 Å². The van der Waals surface area contributed by atoms with E-state index in [2.05, 4.69) is 5.16 Å². The van der Waals surface area contributed by atoms with E-state index in [1.807, 2.05) is 14.1 Å². The fourth-order valence-electron chi connectivity index (χ4n) is 2.51. The van der Waals surface area contributed by atoms with Gasteiger partial charge in [-0.1, -0.05) is 11.2 Å². The first-order valence-corrected chi connectivity index (χ1v) is 7.38. The molecular weight excluding hydrogens is 299 g/mol. The highest BCUT2D eigenvalue weighted by molar-refractivity contribution is 5.73. The third-order valence-corrected chi connectivity index (χ3v) is 3.73. The Balaban J connectivity index is 2.16. The fraction of sp³-hybridized carbons (Fsp3) is 0.412. The van der Waals surface area contributed by atoms with Crippen LogP contribution in [0, 0.1) is 19.7 Å². The van der Waals surface area contributed by atoms with Gasteiger partial charge in [0, 0.05) is 25.3 Å². The molecule has 0 aliphatic heterocycles. The first kappa shape index (κ1) is 17.0. The van der Waals surface area contributed by atoms with Gasteiger partial charge in [0.25, 0.3) is 0 Å². The zero-order chi connectivity index (χ0) is 17.1. The number of anilines is 1. The molecule has 0 saturated carbocycles. The average molecular weight is 320 g/mol. The molecule has 0 spiro atoms. The van der Waals surface area contributed by atoms with Gasteiger partial charge in [-0.05, 0) is 32.9 Å². The van der Waals surface area contributed by atoms with Crippen molar-refractivity contribution in [3.8, 4) is 0 Å². The summed E-state index contributed by atoms with van der Waals surface area (Å²) in [5.74, 6) is -0.249. The van der Waals surface area contributed by atoms with E-state index in [4.69, 9.17) is 9.26 Å². The van der Waals surface area contributed by atoms with Crippen LogP contribution in [0.1, 0.15) is 35.6 Å². The zero-order valence-electron chi connectivity index (χ0n) is 14.0. The number of aryl methyl sites for hydroxylation is 2. The lowest BCUT2D eigenvalue weighted by atomic mass is 10.1. The van der Waals surface area contributed by atoms with Crippen molar-refractivity contribution < 1.29 is 18.4 Å². The van der Waals surface area contributed by atoms with Gasteiger partial charge in [-0.2, -0.15) is 0 Å². The van der Waals surface area contributed by atoms with E-state index in [-0.39, 0.29) is 6.42 Å². The van der Waals surface area contributed by atoms with Gasteiger partial charge in [0.1, 0.15) is 17.7 Å². The second-order valence-electron chi connectivity index (χ2n) is 5.68. The summed E-state index contributed by atoms with van der Waals surface area (Å²) in [6, 6.07) is 4.78. The molecule has 1 atom stereocenters. The molecule has 1 unspecified atom stereocenters. The van der Waals surface area contributed by atoms with Gasteiger partial charge in [-0.3, -0.25) is 4.79 Å². The predicted octanol–water partition coefficient (Wildman–Crippen LogP) is 3.34. The Kier molecular flexibility index (Phi) is 5.03. The van der Waals surface area contributed by atoms with Crippen molar-refractivity contribution in [3.05, 3.63) is 46.6 Å². The summed E-state index contributed by atoms with van der Waals surface area (Å²) in [7, 11) is 3.63. The standard InChI is InChI=1S/C17H21FN2O3/c1-10-13(11(2)23-19-10)9-16(21)22-12(3)17-14(18)7-6-8-15(17)20(4)5/h6-8,12H,9H2,1-5H3. The number of halogens is 1. The SMILES string of the molecule is Cc1noc(C)c1CC(=O)OC(C)c1c(F)cccc1N(C)C. The summed E-state index contributed by atoms with van der Waals surface area (Å²) in [6.45, 7) is 5.17. The lowest BCUT2D eigenvalue weighted by molar-refractivity contribution is -0.147. The van der Waals surface area contributed by atoms with Gasteiger partial charge in [0.05, 0.1) is 17.7 Å². The van der Waals surface area contributed by atoms with Crippen LogP contribution in [-0.4, -0.2) is 25.2 Å². The Morgan fingerprint density at radius 3 is 2.65 bits per heavy atom. The molecule has 1 aromatic carbocycles. The quantitative estimate of drug-likeness (QED) is 0.791. The molecular formula is C17H21FN2O3. The topological polar surface area (TPSA) is 55.6 Å². The second kappa shape index (κ2) is 6.81. The summed E-state index contributed by atoms with van der Waals surface area (Å²) >= 11 is 0. The van der Waals surface area contributed by atoms with E-state index in [1.54, 1.807) is 37.8 Å². The molecule has 23 heavy (non-hydrogen) atoms. The fourth-order valence-corrected chi connectivity index (χ4v) is 2.51. The first-order valence-electron chi connectivity index (χ1n) is 7.38. The van der Waals surface area contributed by atoms with Crippen LogP contribution in [-0.2, 0) is 16.0 Å². The van der Waals surface area contributed by atoms with E-state index in [9.17, 15) is 9.18 Å². The molecule has 1 heterocycles. The van der Waals surface area contributed by atoms with E-state index >= 15 is 0 Å². The second-order valence-corrected chi connectivity index (χ2v) is 5.68. The van der Waals surface area contributed by atoms with Crippen LogP contribution in [0.15, 0.2) is 22.7 Å². The Morgan fingerprint density at radius 2 is 2.09 bits per heavy atom. The molecule has 2 rings (SSSR count). The number of aromatic nitrogens is 1. The molecule has 2 aromatic rings. The zero-order valence-corrected chi connectivity index (χ0v) is 14.0. The summed E-state index contributed by atoms with van der Waals surface area (Å²) in [5.41, 5.74) is 2.42. The first-order chi connectivity index (χ1) is 10.8. The summed E-state index contributed by atoms with van der Waals surface area (Å²) in [4.78, 5) is 14.0. The van der Waals surface area contributed by atoms with Gasteiger partial charge in [0.15, 0.2) is 0 Å². The van der Waals surface area contributed by atoms with Crippen LogP contribution in [0.3, 0.4) is 0 Å². The minimum Gasteiger partial charge on any atom is -0.457 e. The number of ether oxygens (including phenoxy) is 1. The molecule has 0 amide bonds. The Bertz CT molecular complexity index is 690. The van der Waals surface area contributed by atoms with Gasteiger partial charge in [-0.25, -0.2) is 4.39 Å². The number of benzene rings is 1. The summed E-state index contributed by atoms with van der Waals surface area (Å²) < 4.78 is 24.6. The molecule has 0 aliphatic rings. The maximum atomic E-state index is 14.2. The molecule has 6 heteroatoms. The number of carbonyl (C=O) groups is 1. The lowest BCUT2D eigenvalue weighted by Crippen LogP contribution is -2.17. The van der Waals surface area contributed by atoms with Crippen molar-refractivity contribution in [2.24, 2.45) is 0 Å². The molecule has 0 N–H and O–H groups in total. The van der Waals surface area contributed by atoms with Crippen molar-refractivity contribution >= 4 is 11.7 Å². The van der Waals surface area contributed by atoms with Crippen molar-refractivity contribution in [3.63, 3.8) is 0 Å². The largest absolute Gasteiger partial charge is 0.457 e. The van der Waals surface area contributed by atoms with Gasteiger partial charge in [-0.15, -0.1) is 0 Å². The van der Waals surface area contributed by atoms with E-state index < -0.39 is 17.9 Å². The number of rotatable bonds is 5. The number of hydrogen-bond donors (Lipinski definition) is 0. The molecule has 0 bridgehead atoms. The van der Waals surface area contributed by atoms with Crippen LogP contribution in [0.25, 0.3) is 0 Å². The minimum absolute atomic E-state index is 0.0528. The maximum Gasteiger partial charge on any atom is 0.311 e. The Hall–Kier alpha value is -2.37. The highest BCUT2D eigenvalue weighted by Crippen LogP contribution is 2.30. The smallest absolute Gasteiger partial charge is 0.311 e. The number of esters is 1. The molecule has 0 fully saturated rings.